The molecule has 0 amide bonds. The maximum Gasteiger partial charge on any atom is 0.231 e. The lowest BCUT2D eigenvalue weighted by atomic mass is 9.99. The molecule has 0 fully saturated rings. The van der Waals surface area contributed by atoms with Gasteiger partial charge in [-0.25, -0.2) is 0 Å². The average molecular weight is 283 g/mol. The van der Waals surface area contributed by atoms with Crippen molar-refractivity contribution in [3.8, 4) is 11.5 Å². The van der Waals surface area contributed by atoms with Crippen molar-refractivity contribution in [3.63, 3.8) is 0 Å². The molecule has 0 bridgehead atoms. The SMILES string of the molecule is c1ccc2c(c1)COCC2NCc1ccc2c(c1)OCO2. The van der Waals surface area contributed by atoms with E-state index in [2.05, 4.69) is 35.6 Å². The summed E-state index contributed by atoms with van der Waals surface area (Å²) < 4.78 is 16.4. The van der Waals surface area contributed by atoms with Gasteiger partial charge in [0.1, 0.15) is 0 Å². The number of nitrogens with one attached hydrogen (secondary N) is 1. The zero-order valence-corrected chi connectivity index (χ0v) is 11.7. The van der Waals surface area contributed by atoms with Crippen LogP contribution in [-0.2, 0) is 17.9 Å². The van der Waals surface area contributed by atoms with Gasteiger partial charge in [0.05, 0.1) is 19.3 Å². The summed E-state index contributed by atoms with van der Waals surface area (Å²) in [5.41, 5.74) is 3.79. The maximum atomic E-state index is 5.66. The summed E-state index contributed by atoms with van der Waals surface area (Å²) in [4.78, 5) is 0. The first-order valence-electron chi connectivity index (χ1n) is 7.17. The Kier molecular flexibility index (Phi) is 3.25. The van der Waals surface area contributed by atoms with E-state index in [-0.39, 0.29) is 6.04 Å². The summed E-state index contributed by atoms with van der Waals surface area (Å²) in [7, 11) is 0. The maximum absolute atomic E-state index is 5.66. The molecule has 1 N–H and O–H groups in total. The molecule has 1 atom stereocenters. The number of benzene rings is 2. The van der Waals surface area contributed by atoms with Crippen molar-refractivity contribution in [2.24, 2.45) is 0 Å². The Hall–Kier alpha value is -2.04. The van der Waals surface area contributed by atoms with E-state index in [0.717, 1.165) is 18.0 Å². The molecule has 2 aromatic rings. The second-order valence-electron chi connectivity index (χ2n) is 5.34. The van der Waals surface area contributed by atoms with E-state index in [1.165, 1.54) is 16.7 Å². The van der Waals surface area contributed by atoms with Gasteiger partial charge in [-0.15, -0.1) is 0 Å². The van der Waals surface area contributed by atoms with E-state index in [1.807, 2.05) is 12.1 Å². The van der Waals surface area contributed by atoms with E-state index in [0.29, 0.717) is 20.0 Å². The minimum absolute atomic E-state index is 0.236. The van der Waals surface area contributed by atoms with Gasteiger partial charge in [-0.1, -0.05) is 30.3 Å². The van der Waals surface area contributed by atoms with Crippen molar-refractivity contribution in [3.05, 3.63) is 59.2 Å². The molecule has 1 unspecified atom stereocenters. The Bertz CT molecular complexity index is 656. The van der Waals surface area contributed by atoms with E-state index >= 15 is 0 Å². The Morgan fingerprint density at radius 1 is 1.05 bits per heavy atom. The van der Waals surface area contributed by atoms with Crippen LogP contribution in [0.25, 0.3) is 0 Å². The predicted molar refractivity (Wildman–Crippen MR) is 78.2 cm³/mol. The summed E-state index contributed by atoms with van der Waals surface area (Å²) in [5.74, 6) is 1.65. The third kappa shape index (κ3) is 2.48. The largest absolute Gasteiger partial charge is 0.454 e. The van der Waals surface area contributed by atoms with Crippen LogP contribution in [0.3, 0.4) is 0 Å². The molecule has 0 aliphatic carbocycles. The molecular weight excluding hydrogens is 266 g/mol. The van der Waals surface area contributed by atoms with Gasteiger partial charge < -0.3 is 19.5 Å². The second-order valence-corrected chi connectivity index (χ2v) is 5.34. The monoisotopic (exact) mass is 283 g/mol. The van der Waals surface area contributed by atoms with Gasteiger partial charge >= 0.3 is 0 Å². The molecular formula is C17H17NO3. The lowest BCUT2D eigenvalue weighted by Gasteiger charge is -2.26. The number of ether oxygens (including phenoxy) is 3. The molecule has 21 heavy (non-hydrogen) atoms. The highest BCUT2D eigenvalue weighted by Gasteiger charge is 2.20. The Balaban J connectivity index is 1.48. The smallest absolute Gasteiger partial charge is 0.231 e. The predicted octanol–water partition coefficient (Wildman–Crippen LogP) is 2.78. The van der Waals surface area contributed by atoms with Crippen molar-refractivity contribution in [1.82, 2.24) is 5.32 Å². The zero-order valence-electron chi connectivity index (χ0n) is 11.7. The van der Waals surface area contributed by atoms with Crippen LogP contribution in [0.15, 0.2) is 42.5 Å². The van der Waals surface area contributed by atoms with Crippen molar-refractivity contribution >= 4 is 0 Å². The molecule has 4 heteroatoms. The molecule has 2 heterocycles. The number of hydrogen-bond acceptors (Lipinski definition) is 4. The number of rotatable bonds is 3. The molecule has 0 radical (unpaired) electrons. The third-order valence-electron chi connectivity index (χ3n) is 3.96. The molecule has 0 saturated carbocycles. The molecule has 2 aromatic carbocycles. The van der Waals surface area contributed by atoms with Crippen LogP contribution in [-0.4, -0.2) is 13.4 Å². The van der Waals surface area contributed by atoms with Crippen molar-refractivity contribution in [1.29, 1.82) is 0 Å². The topological polar surface area (TPSA) is 39.7 Å². The lowest BCUT2D eigenvalue weighted by molar-refractivity contribution is 0.0817. The van der Waals surface area contributed by atoms with Gasteiger partial charge in [-0.2, -0.15) is 0 Å². The fraction of sp³-hybridized carbons (Fsp3) is 0.294. The van der Waals surface area contributed by atoms with Crippen LogP contribution in [0, 0.1) is 0 Å². The van der Waals surface area contributed by atoms with Crippen LogP contribution in [0.2, 0.25) is 0 Å². The molecule has 4 nitrogen and oxygen atoms in total. The van der Waals surface area contributed by atoms with Gasteiger partial charge in [0.2, 0.25) is 6.79 Å². The first-order chi connectivity index (χ1) is 10.4. The first kappa shape index (κ1) is 12.7. The minimum atomic E-state index is 0.236. The molecule has 108 valence electrons. The highest BCUT2D eigenvalue weighted by atomic mass is 16.7. The van der Waals surface area contributed by atoms with Crippen LogP contribution in [0.5, 0.6) is 11.5 Å². The highest BCUT2D eigenvalue weighted by Crippen LogP contribution is 2.32. The van der Waals surface area contributed by atoms with Gasteiger partial charge in [0.15, 0.2) is 11.5 Å². The van der Waals surface area contributed by atoms with Gasteiger partial charge in [-0.05, 0) is 28.8 Å². The third-order valence-corrected chi connectivity index (χ3v) is 3.96. The second kappa shape index (κ2) is 5.39. The number of fused-ring (bicyclic) bond motifs is 2. The molecule has 0 spiro atoms. The van der Waals surface area contributed by atoms with Crippen LogP contribution >= 0.6 is 0 Å². The number of hydrogen-bond donors (Lipinski definition) is 1. The highest BCUT2D eigenvalue weighted by molar-refractivity contribution is 5.44. The summed E-state index contributed by atoms with van der Waals surface area (Å²) in [6.07, 6.45) is 0. The van der Waals surface area contributed by atoms with E-state index in [4.69, 9.17) is 14.2 Å². The molecule has 4 rings (SSSR count). The quantitative estimate of drug-likeness (QED) is 0.940. The van der Waals surface area contributed by atoms with Crippen LogP contribution in [0.4, 0.5) is 0 Å². The van der Waals surface area contributed by atoms with Crippen molar-refractivity contribution in [2.75, 3.05) is 13.4 Å². The lowest BCUT2D eigenvalue weighted by Crippen LogP contribution is -2.29. The molecule has 0 aromatic heterocycles. The van der Waals surface area contributed by atoms with Crippen molar-refractivity contribution in [2.45, 2.75) is 19.2 Å². The summed E-state index contributed by atoms with van der Waals surface area (Å²) in [6, 6.07) is 14.7. The minimum Gasteiger partial charge on any atom is -0.454 e. The summed E-state index contributed by atoms with van der Waals surface area (Å²) >= 11 is 0. The van der Waals surface area contributed by atoms with E-state index in [9.17, 15) is 0 Å². The summed E-state index contributed by atoms with van der Waals surface area (Å²) in [6.45, 7) is 2.51. The average Bonchev–Trinajstić information content (AvgIpc) is 3.00. The Morgan fingerprint density at radius 2 is 1.95 bits per heavy atom. The van der Waals surface area contributed by atoms with E-state index < -0.39 is 0 Å². The molecule has 0 saturated heterocycles. The van der Waals surface area contributed by atoms with Gasteiger partial charge in [0, 0.05) is 6.54 Å². The van der Waals surface area contributed by atoms with Crippen LogP contribution < -0.4 is 14.8 Å². The fourth-order valence-corrected chi connectivity index (χ4v) is 2.84. The van der Waals surface area contributed by atoms with Crippen molar-refractivity contribution < 1.29 is 14.2 Å². The molecule has 2 aliphatic heterocycles. The van der Waals surface area contributed by atoms with Gasteiger partial charge in [0.25, 0.3) is 0 Å². The van der Waals surface area contributed by atoms with Crippen LogP contribution in [0.1, 0.15) is 22.7 Å². The standard InChI is InChI=1S/C17H17NO3/c1-2-4-14-13(3-1)9-19-10-15(14)18-8-12-5-6-16-17(7-12)21-11-20-16/h1-7,15,18H,8-11H2. The Morgan fingerprint density at radius 3 is 2.95 bits per heavy atom. The Labute approximate surface area is 123 Å². The first-order valence-corrected chi connectivity index (χ1v) is 7.17. The summed E-state index contributed by atoms with van der Waals surface area (Å²) in [5, 5.41) is 3.56. The normalized spacial score (nSPS) is 19.3. The fourth-order valence-electron chi connectivity index (χ4n) is 2.84. The molecule has 2 aliphatic rings. The van der Waals surface area contributed by atoms with Gasteiger partial charge in [-0.3, -0.25) is 0 Å². The van der Waals surface area contributed by atoms with E-state index in [1.54, 1.807) is 0 Å². The zero-order chi connectivity index (χ0) is 14.1.